The minimum absolute atomic E-state index is 0.153. The standard InChI is InChI=1S/C13H17NO2/c1-9(2)7-11-5-4-6-12(8-15)13(11)14-10(3)16/h4-6,8-9H,7H2,1-3H3,(H,14,16). The Morgan fingerprint density at radius 2 is 2.12 bits per heavy atom. The van der Waals surface area contributed by atoms with Crippen LogP contribution in [-0.4, -0.2) is 12.2 Å². The van der Waals surface area contributed by atoms with Gasteiger partial charge in [-0.25, -0.2) is 0 Å². The molecule has 0 bridgehead atoms. The Kier molecular flexibility index (Phi) is 4.23. The Hall–Kier alpha value is -1.64. The fourth-order valence-corrected chi connectivity index (χ4v) is 1.66. The first-order valence-corrected chi connectivity index (χ1v) is 5.39. The predicted molar refractivity (Wildman–Crippen MR) is 64.7 cm³/mol. The van der Waals surface area contributed by atoms with E-state index in [1.807, 2.05) is 12.1 Å². The molecule has 0 aliphatic carbocycles. The summed E-state index contributed by atoms with van der Waals surface area (Å²) in [5, 5.41) is 2.73. The Morgan fingerprint density at radius 1 is 1.44 bits per heavy atom. The number of carbonyl (C=O) groups is 2. The van der Waals surface area contributed by atoms with Gasteiger partial charge < -0.3 is 5.32 Å². The van der Waals surface area contributed by atoms with Crippen molar-refractivity contribution in [3.63, 3.8) is 0 Å². The highest BCUT2D eigenvalue weighted by atomic mass is 16.1. The van der Waals surface area contributed by atoms with Gasteiger partial charge in [0.25, 0.3) is 0 Å². The number of hydrogen-bond donors (Lipinski definition) is 1. The van der Waals surface area contributed by atoms with Gasteiger partial charge in [-0.05, 0) is 24.0 Å². The van der Waals surface area contributed by atoms with Gasteiger partial charge in [0.05, 0.1) is 5.69 Å². The third-order valence-corrected chi connectivity index (χ3v) is 2.24. The van der Waals surface area contributed by atoms with Gasteiger partial charge in [-0.1, -0.05) is 26.0 Å². The third kappa shape index (κ3) is 3.19. The van der Waals surface area contributed by atoms with Crippen LogP contribution < -0.4 is 5.32 Å². The molecule has 1 amide bonds. The summed E-state index contributed by atoms with van der Waals surface area (Å²) >= 11 is 0. The topological polar surface area (TPSA) is 46.2 Å². The molecular weight excluding hydrogens is 202 g/mol. The average Bonchev–Trinajstić information content (AvgIpc) is 2.19. The van der Waals surface area contributed by atoms with Crippen LogP contribution in [-0.2, 0) is 11.2 Å². The number of nitrogens with one attached hydrogen (secondary N) is 1. The van der Waals surface area contributed by atoms with Gasteiger partial charge in [0.2, 0.25) is 5.91 Å². The van der Waals surface area contributed by atoms with E-state index in [9.17, 15) is 9.59 Å². The maximum absolute atomic E-state index is 11.1. The fourth-order valence-electron chi connectivity index (χ4n) is 1.66. The second-order valence-corrected chi connectivity index (χ2v) is 4.28. The van der Waals surface area contributed by atoms with Crippen molar-refractivity contribution in [1.29, 1.82) is 0 Å². The van der Waals surface area contributed by atoms with E-state index in [4.69, 9.17) is 0 Å². The molecular formula is C13H17NO2. The number of anilines is 1. The summed E-state index contributed by atoms with van der Waals surface area (Å²) in [6.07, 6.45) is 1.62. The van der Waals surface area contributed by atoms with Gasteiger partial charge in [0.15, 0.2) is 6.29 Å². The smallest absolute Gasteiger partial charge is 0.221 e. The van der Waals surface area contributed by atoms with Gasteiger partial charge in [-0.3, -0.25) is 9.59 Å². The molecule has 1 aromatic carbocycles. The van der Waals surface area contributed by atoms with E-state index in [1.54, 1.807) is 6.07 Å². The summed E-state index contributed by atoms with van der Waals surface area (Å²) < 4.78 is 0. The zero-order valence-corrected chi connectivity index (χ0v) is 9.91. The van der Waals surface area contributed by atoms with Crippen molar-refractivity contribution in [2.24, 2.45) is 5.92 Å². The number of para-hydroxylation sites is 1. The number of aldehydes is 1. The second kappa shape index (κ2) is 5.45. The molecule has 0 fully saturated rings. The lowest BCUT2D eigenvalue weighted by Gasteiger charge is -2.13. The lowest BCUT2D eigenvalue weighted by molar-refractivity contribution is -0.114. The summed E-state index contributed by atoms with van der Waals surface area (Å²) in [5.41, 5.74) is 2.20. The first-order chi connectivity index (χ1) is 7.54. The van der Waals surface area contributed by atoms with Crippen LogP contribution in [0.3, 0.4) is 0 Å². The van der Waals surface area contributed by atoms with Gasteiger partial charge >= 0.3 is 0 Å². The molecule has 3 nitrogen and oxygen atoms in total. The molecule has 16 heavy (non-hydrogen) atoms. The number of carbonyl (C=O) groups excluding carboxylic acids is 2. The molecule has 0 aliphatic heterocycles. The number of benzene rings is 1. The van der Waals surface area contributed by atoms with Crippen LogP contribution in [0, 0.1) is 5.92 Å². The molecule has 0 spiro atoms. The van der Waals surface area contributed by atoms with Crippen molar-refractivity contribution in [1.82, 2.24) is 0 Å². The molecule has 1 aromatic rings. The van der Waals surface area contributed by atoms with Gasteiger partial charge in [-0.2, -0.15) is 0 Å². The van der Waals surface area contributed by atoms with E-state index in [0.29, 0.717) is 17.2 Å². The quantitative estimate of drug-likeness (QED) is 0.791. The highest BCUT2D eigenvalue weighted by molar-refractivity contribution is 5.96. The van der Waals surface area contributed by atoms with Crippen molar-refractivity contribution < 1.29 is 9.59 Å². The van der Waals surface area contributed by atoms with Crippen LogP contribution >= 0.6 is 0 Å². The minimum atomic E-state index is -0.153. The first-order valence-electron chi connectivity index (χ1n) is 5.39. The SMILES string of the molecule is CC(=O)Nc1c(C=O)cccc1CC(C)C. The maximum Gasteiger partial charge on any atom is 0.221 e. The second-order valence-electron chi connectivity index (χ2n) is 4.28. The van der Waals surface area contributed by atoms with Crippen molar-refractivity contribution in [2.75, 3.05) is 5.32 Å². The van der Waals surface area contributed by atoms with E-state index in [1.165, 1.54) is 6.92 Å². The molecule has 0 atom stereocenters. The van der Waals surface area contributed by atoms with Crippen LogP contribution in [0.1, 0.15) is 36.7 Å². The lowest BCUT2D eigenvalue weighted by Crippen LogP contribution is -2.11. The molecule has 0 unspecified atom stereocenters. The normalized spacial score (nSPS) is 10.2. The van der Waals surface area contributed by atoms with Crippen LogP contribution in [0.5, 0.6) is 0 Å². The predicted octanol–water partition coefficient (Wildman–Crippen LogP) is 2.66. The number of hydrogen-bond acceptors (Lipinski definition) is 2. The van der Waals surface area contributed by atoms with E-state index in [2.05, 4.69) is 19.2 Å². The van der Waals surface area contributed by atoms with Gasteiger partial charge in [0.1, 0.15) is 0 Å². The Balaban J connectivity index is 3.14. The van der Waals surface area contributed by atoms with E-state index < -0.39 is 0 Å². The van der Waals surface area contributed by atoms with Crippen LogP contribution in [0.15, 0.2) is 18.2 Å². The fraction of sp³-hybridized carbons (Fsp3) is 0.385. The summed E-state index contributed by atoms with van der Waals surface area (Å²) in [5.74, 6) is 0.328. The maximum atomic E-state index is 11.1. The number of amides is 1. The summed E-state index contributed by atoms with van der Waals surface area (Å²) in [6, 6.07) is 5.49. The molecule has 0 radical (unpaired) electrons. The zero-order chi connectivity index (χ0) is 12.1. The first kappa shape index (κ1) is 12.4. The zero-order valence-electron chi connectivity index (χ0n) is 9.91. The molecule has 0 saturated carbocycles. The van der Waals surface area contributed by atoms with E-state index in [-0.39, 0.29) is 5.91 Å². The highest BCUT2D eigenvalue weighted by Crippen LogP contribution is 2.22. The van der Waals surface area contributed by atoms with Crippen molar-refractivity contribution >= 4 is 17.9 Å². The molecule has 3 heteroatoms. The van der Waals surface area contributed by atoms with Gasteiger partial charge in [0, 0.05) is 12.5 Å². The van der Waals surface area contributed by atoms with E-state index in [0.717, 1.165) is 18.3 Å². The van der Waals surface area contributed by atoms with E-state index >= 15 is 0 Å². The molecule has 0 aliphatic rings. The Bertz CT molecular complexity index is 397. The number of rotatable bonds is 4. The van der Waals surface area contributed by atoms with Crippen molar-refractivity contribution in [3.05, 3.63) is 29.3 Å². The van der Waals surface area contributed by atoms with Gasteiger partial charge in [-0.15, -0.1) is 0 Å². The summed E-state index contributed by atoms with van der Waals surface area (Å²) in [4.78, 5) is 22.0. The summed E-state index contributed by atoms with van der Waals surface area (Å²) in [6.45, 7) is 5.65. The molecule has 86 valence electrons. The van der Waals surface area contributed by atoms with Crippen LogP contribution in [0.25, 0.3) is 0 Å². The van der Waals surface area contributed by atoms with Crippen LogP contribution in [0.4, 0.5) is 5.69 Å². The largest absolute Gasteiger partial charge is 0.325 e. The highest BCUT2D eigenvalue weighted by Gasteiger charge is 2.10. The molecule has 0 saturated heterocycles. The lowest BCUT2D eigenvalue weighted by atomic mass is 9.98. The summed E-state index contributed by atoms with van der Waals surface area (Å²) in [7, 11) is 0. The van der Waals surface area contributed by atoms with Crippen LogP contribution in [0.2, 0.25) is 0 Å². The molecule has 0 heterocycles. The Labute approximate surface area is 95.9 Å². The third-order valence-electron chi connectivity index (χ3n) is 2.24. The molecule has 1 N–H and O–H groups in total. The average molecular weight is 219 g/mol. The minimum Gasteiger partial charge on any atom is -0.325 e. The molecule has 1 rings (SSSR count). The monoisotopic (exact) mass is 219 g/mol. The van der Waals surface area contributed by atoms with Crippen molar-refractivity contribution in [3.8, 4) is 0 Å². The Morgan fingerprint density at radius 3 is 2.62 bits per heavy atom. The van der Waals surface area contributed by atoms with Crippen molar-refractivity contribution in [2.45, 2.75) is 27.2 Å². The molecule has 0 aromatic heterocycles.